The van der Waals surface area contributed by atoms with Crippen LogP contribution in [0.25, 0.3) is 22.2 Å². The molecule has 1 saturated heterocycles. The molecule has 0 unspecified atom stereocenters. The molecule has 11 heteroatoms. The summed E-state index contributed by atoms with van der Waals surface area (Å²) in [7, 11) is 1.70. The highest BCUT2D eigenvalue weighted by Gasteiger charge is 2.31. The maximum Gasteiger partial charge on any atom is 0.407 e. The summed E-state index contributed by atoms with van der Waals surface area (Å²) in [5.74, 6) is -0.328. The summed E-state index contributed by atoms with van der Waals surface area (Å²) >= 11 is 0. The molecule has 2 heterocycles. The van der Waals surface area contributed by atoms with Gasteiger partial charge in [0.25, 0.3) is 0 Å². The lowest BCUT2D eigenvalue weighted by atomic mass is 9.95. The molecule has 1 aromatic heterocycles. The van der Waals surface area contributed by atoms with Gasteiger partial charge in [0.15, 0.2) is 0 Å². The van der Waals surface area contributed by atoms with Gasteiger partial charge in [-0.25, -0.2) is 19.0 Å². The van der Waals surface area contributed by atoms with Gasteiger partial charge < -0.3 is 29.0 Å². The van der Waals surface area contributed by atoms with Crippen LogP contribution in [0, 0.1) is 5.82 Å². The fourth-order valence-electron chi connectivity index (χ4n) is 6.60. The number of hydrogen-bond donors (Lipinski definition) is 1. The molecule has 4 aromatic rings. The second-order valence-corrected chi connectivity index (χ2v) is 14.0. The van der Waals surface area contributed by atoms with Crippen molar-refractivity contribution < 1.29 is 33.0 Å². The number of para-hydroxylation sites is 2. The van der Waals surface area contributed by atoms with Crippen molar-refractivity contribution in [2.75, 3.05) is 33.4 Å². The number of rotatable bonds is 13. The number of halogens is 1. The monoisotopic (exact) mass is 700 g/mol. The maximum absolute atomic E-state index is 14.7. The quantitative estimate of drug-likeness (QED) is 0.115. The molecule has 3 aromatic carbocycles. The minimum atomic E-state index is -0.701. The van der Waals surface area contributed by atoms with Gasteiger partial charge in [0, 0.05) is 51.7 Å². The second-order valence-electron chi connectivity index (χ2n) is 14.0. The molecule has 1 N–H and O–H groups in total. The van der Waals surface area contributed by atoms with Gasteiger partial charge in [-0.15, -0.1) is 0 Å². The van der Waals surface area contributed by atoms with Crippen molar-refractivity contribution in [3.63, 3.8) is 0 Å². The van der Waals surface area contributed by atoms with Crippen LogP contribution in [0.5, 0.6) is 0 Å². The summed E-state index contributed by atoms with van der Waals surface area (Å²) in [4.78, 5) is 45.8. The third-order valence-electron chi connectivity index (χ3n) is 8.93. The predicted molar refractivity (Wildman–Crippen MR) is 194 cm³/mol. The van der Waals surface area contributed by atoms with Crippen LogP contribution in [0.4, 0.5) is 9.18 Å². The number of carbonyl (C=O) groups is 3. The van der Waals surface area contributed by atoms with Crippen LogP contribution in [0.15, 0.2) is 66.7 Å². The van der Waals surface area contributed by atoms with Gasteiger partial charge in [-0.05, 0) is 94.3 Å². The average molecular weight is 701 g/mol. The smallest absolute Gasteiger partial charge is 0.407 e. The van der Waals surface area contributed by atoms with Crippen LogP contribution in [-0.4, -0.2) is 77.5 Å². The number of nitrogens with one attached hydrogen (secondary N) is 1. The Kier molecular flexibility index (Phi) is 12.5. The molecule has 0 bridgehead atoms. The zero-order chi connectivity index (χ0) is 36.5. The van der Waals surface area contributed by atoms with Crippen molar-refractivity contribution in [1.29, 1.82) is 0 Å². The highest BCUT2D eigenvalue weighted by molar-refractivity contribution is 5.90. The number of alkyl carbamates (subject to hydrolysis) is 1. The van der Waals surface area contributed by atoms with E-state index in [-0.39, 0.29) is 30.4 Å². The van der Waals surface area contributed by atoms with Gasteiger partial charge in [0.2, 0.25) is 5.91 Å². The molecule has 1 aliphatic heterocycles. The standard InChI is InChI=1S/C40H49FN4O6/c1-6-50-38(47)32-19-18-29(24-33(32)41)28-16-14-27(15-17-28)23-31(42-39(48)51-40(2,3)4)25-36(46)44-20-9-11-30(26-44)37-43-34-12-7-8-13-35(34)45(37)21-10-22-49-5/h7-8,12-19,24,30-31H,6,9-11,20-23,25-26H2,1-5H3,(H,42,48)/t30-,31-/m1/s1. The first kappa shape index (κ1) is 37.5. The number of piperidine rings is 1. The lowest BCUT2D eigenvalue weighted by Gasteiger charge is -2.34. The Hall–Kier alpha value is -4.77. The van der Waals surface area contributed by atoms with E-state index in [1.54, 1.807) is 40.9 Å². The number of imidazole rings is 1. The number of esters is 1. The Morgan fingerprint density at radius 2 is 1.78 bits per heavy atom. The number of carbonyl (C=O) groups excluding carboxylic acids is 3. The Balaban J connectivity index is 1.30. The Morgan fingerprint density at radius 3 is 2.49 bits per heavy atom. The van der Waals surface area contributed by atoms with Gasteiger partial charge in [0.1, 0.15) is 17.2 Å². The summed E-state index contributed by atoms with van der Waals surface area (Å²) in [5.41, 5.74) is 3.47. The van der Waals surface area contributed by atoms with E-state index in [1.807, 2.05) is 47.4 Å². The number of benzene rings is 3. The maximum atomic E-state index is 14.7. The molecule has 272 valence electrons. The number of aryl methyl sites for hydroxylation is 1. The third-order valence-corrected chi connectivity index (χ3v) is 8.93. The second kappa shape index (κ2) is 17.0. The minimum Gasteiger partial charge on any atom is -0.462 e. The number of hydrogen-bond acceptors (Lipinski definition) is 7. The van der Waals surface area contributed by atoms with Crippen molar-refractivity contribution in [2.45, 2.75) is 83.9 Å². The van der Waals surface area contributed by atoms with Crippen LogP contribution >= 0.6 is 0 Å². The van der Waals surface area contributed by atoms with Crippen molar-refractivity contribution in [3.8, 4) is 11.1 Å². The summed E-state index contributed by atoms with van der Waals surface area (Å²) in [5, 5.41) is 2.94. The van der Waals surface area contributed by atoms with Gasteiger partial charge in [-0.2, -0.15) is 0 Å². The highest BCUT2D eigenvalue weighted by atomic mass is 19.1. The lowest BCUT2D eigenvalue weighted by Crippen LogP contribution is -2.46. The molecule has 0 saturated carbocycles. The fraction of sp³-hybridized carbons (Fsp3) is 0.450. The Bertz CT molecular complexity index is 1820. The molecule has 2 amide bonds. The Morgan fingerprint density at radius 1 is 1.04 bits per heavy atom. The highest BCUT2D eigenvalue weighted by Crippen LogP contribution is 2.30. The van der Waals surface area contributed by atoms with E-state index in [1.165, 1.54) is 12.1 Å². The number of aromatic nitrogens is 2. The molecular formula is C40H49FN4O6. The zero-order valence-electron chi connectivity index (χ0n) is 30.2. The first-order valence-electron chi connectivity index (χ1n) is 17.7. The van der Waals surface area contributed by atoms with E-state index in [0.717, 1.165) is 53.8 Å². The minimum absolute atomic E-state index is 0.0448. The third kappa shape index (κ3) is 9.94. The fourth-order valence-corrected chi connectivity index (χ4v) is 6.60. The SMILES string of the molecule is CCOC(=O)c1ccc(-c2ccc(C[C@H](CC(=O)N3CCC[C@@H](c4nc5ccccc5n4CCCOC)C3)NC(=O)OC(C)(C)C)cc2)cc1F. The van der Waals surface area contributed by atoms with Crippen LogP contribution in [0.3, 0.4) is 0 Å². The first-order valence-corrected chi connectivity index (χ1v) is 17.7. The van der Waals surface area contributed by atoms with Crippen LogP contribution < -0.4 is 5.32 Å². The van der Waals surface area contributed by atoms with Gasteiger partial charge >= 0.3 is 12.1 Å². The number of likely N-dealkylation sites (tertiary alicyclic amines) is 1. The van der Waals surface area contributed by atoms with Crippen molar-refractivity contribution >= 4 is 29.0 Å². The molecule has 2 atom stereocenters. The van der Waals surface area contributed by atoms with Gasteiger partial charge in [-0.3, -0.25) is 4.79 Å². The van der Waals surface area contributed by atoms with E-state index >= 15 is 0 Å². The molecular weight excluding hydrogens is 651 g/mol. The first-order chi connectivity index (χ1) is 24.5. The summed E-state index contributed by atoms with van der Waals surface area (Å²) in [6.07, 6.45) is 2.53. The van der Waals surface area contributed by atoms with Crippen molar-refractivity contribution in [1.82, 2.24) is 19.8 Å². The molecule has 0 aliphatic carbocycles. The van der Waals surface area contributed by atoms with E-state index in [0.29, 0.717) is 31.7 Å². The number of methoxy groups -OCH3 is 1. The van der Waals surface area contributed by atoms with Crippen molar-refractivity contribution in [3.05, 3.63) is 89.5 Å². The molecule has 1 aliphatic rings. The lowest BCUT2D eigenvalue weighted by molar-refractivity contribution is -0.133. The van der Waals surface area contributed by atoms with Crippen LogP contribution in [0.1, 0.15) is 81.0 Å². The van der Waals surface area contributed by atoms with E-state index in [4.69, 9.17) is 19.2 Å². The Labute approximate surface area is 299 Å². The van der Waals surface area contributed by atoms with Gasteiger partial charge in [0.05, 0.1) is 23.2 Å². The largest absolute Gasteiger partial charge is 0.462 e. The average Bonchev–Trinajstić information content (AvgIpc) is 3.46. The predicted octanol–water partition coefficient (Wildman–Crippen LogP) is 7.29. The zero-order valence-corrected chi connectivity index (χ0v) is 30.2. The number of nitrogens with zero attached hydrogens (tertiary/aromatic N) is 3. The topological polar surface area (TPSA) is 112 Å². The number of fused-ring (bicyclic) bond motifs is 1. The van der Waals surface area contributed by atoms with E-state index in [2.05, 4.69) is 16.0 Å². The van der Waals surface area contributed by atoms with Crippen LogP contribution in [-0.2, 0) is 32.0 Å². The summed E-state index contributed by atoms with van der Waals surface area (Å²) in [6.45, 7) is 9.84. The summed E-state index contributed by atoms with van der Waals surface area (Å²) in [6, 6.07) is 19.5. The van der Waals surface area contributed by atoms with Crippen LogP contribution in [0.2, 0.25) is 0 Å². The van der Waals surface area contributed by atoms with E-state index in [9.17, 15) is 18.8 Å². The summed E-state index contributed by atoms with van der Waals surface area (Å²) < 4.78 is 32.8. The molecule has 0 radical (unpaired) electrons. The van der Waals surface area contributed by atoms with E-state index < -0.39 is 29.5 Å². The number of amides is 2. The molecule has 1 fully saturated rings. The van der Waals surface area contributed by atoms with Gasteiger partial charge in [-0.1, -0.05) is 42.5 Å². The molecule has 10 nitrogen and oxygen atoms in total. The normalized spacial score (nSPS) is 15.4. The molecule has 51 heavy (non-hydrogen) atoms. The molecule has 5 rings (SSSR count). The molecule has 0 spiro atoms. The van der Waals surface area contributed by atoms with Crippen molar-refractivity contribution in [2.24, 2.45) is 0 Å². The number of ether oxygens (including phenoxy) is 3.